The molecule has 0 aromatic heterocycles. The van der Waals surface area contributed by atoms with Crippen molar-refractivity contribution < 1.29 is 0 Å². The Labute approximate surface area is 118 Å². The molecule has 0 spiro atoms. The highest BCUT2D eigenvalue weighted by atomic mass is 35.5. The molecule has 1 atom stereocenters. The molecule has 0 fully saturated rings. The van der Waals surface area contributed by atoms with Crippen LogP contribution in [0.2, 0.25) is 15.1 Å². The van der Waals surface area contributed by atoms with Gasteiger partial charge in [0.25, 0.3) is 0 Å². The molecule has 0 amide bonds. The third-order valence-electron chi connectivity index (χ3n) is 2.84. The Bertz CT molecular complexity index is 366. The van der Waals surface area contributed by atoms with Crippen LogP contribution in [0.4, 0.5) is 0 Å². The molecule has 0 radical (unpaired) electrons. The molecular weight excluding hydrogens is 277 g/mol. The summed E-state index contributed by atoms with van der Waals surface area (Å²) in [5.41, 5.74) is 0.885. The van der Waals surface area contributed by atoms with Gasteiger partial charge in [-0.15, -0.1) is 0 Å². The lowest BCUT2D eigenvalue weighted by atomic mass is 10.1. The maximum Gasteiger partial charge on any atom is 0.0652 e. The monoisotopic (exact) mass is 293 g/mol. The van der Waals surface area contributed by atoms with Crippen LogP contribution in [0.25, 0.3) is 0 Å². The molecule has 0 bridgehead atoms. The SMILES string of the molecule is CCCC(CC)NCc1c(Cl)ccc(Cl)c1Cl. The van der Waals surface area contributed by atoms with Crippen molar-refractivity contribution in [1.82, 2.24) is 5.32 Å². The van der Waals surface area contributed by atoms with Gasteiger partial charge >= 0.3 is 0 Å². The Hall–Kier alpha value is 0.0500. The minimum Gasteiger partial charge on any atom is -0.310 e. The maximum absolute atomic E-state index is 6.15. The number of rotatable bonds is 6. The number of benzene rings is 1. The van der Waals surface area contributed by atoms with Gasteiger partial charge in [0, 0.05) is 23.2 Å². The van der Waals surface area contributed by atoms with E-state index in [0.29, 0.717) is 27.7 Å². The molecule has 1 aromatic rings. The predicted molar refractivity (Wildman–Crippen MR) is 77.3 cm³/mol. The summed E-state index contributed by atoms with van der Waals surface area (Å²) in [6, 6.07) is 4.01. The van der Waals surface area contributed by atoms with Crippen molar-refractivity contribution in [2.24, 2.45) is 0 Å². The zero-order valence-corrected chi connectivity index (χ0v) is 12.5. The third kappa shape index (κ3) is 4.33. The summed E-state index contributed by atoms with van der Waals surface area (Å²) in [6.07, 6.45) is 3.43. The van der Waals surface area contributed by atoms with E-state index in [0.717, 1.165) is 18.4 Å². The van der Waals surface area contributed by atoms with E-state index in [9.17, 15) is 0 Å². The highest BCUT2D eigenvalue weighted by Gasteiger charge is 2.11. The average Bonchev–Trinajstić information content (AvgIpc) is 2.32. The molecule has 0 saturated heterocycles. The van der Waals surface area contributed by atoms with Crippen molar-refractivity contribution in [3.05, 3.63) is 32.8 Å². The Morgan fingerprint density at radius 1 is 1.12 bits per heavy atom. The zero-order chi connectivity index (χ0) is 12.8. The highest BCUT2D eigenvalue weighted by Crippen LogP contribution is 2.31. The summed E-state index contributed by atoms with van der Waals surface area (Å²) in [4.78, 5) is 0. The van der Waals surface area contributed by atoms with Gasteiger partial charge in [-0.3, -0.25) is 0 Å². The van der Waals surface area contributed by atoms with Gasteiger partial charge in [-0.2, -0.15) is 0 Å². The lowest BCUT2D eigenvalue weighted by molar-refractivity contribution is 0.462. The van der Waals surface area contributed by atoms with Gasteiger partial charge in [-0.1, -0.05) is 55.1 Å². The summed E-state index contributed by atoms with van der Waals surface area (Å²) >= 11 is 18.2. The van der Waals surface area contributed by atoms with Crippen molar-refractivity contribution >= 4 is 34.8 Å². The fourth-order valence-corrected chi connectivity index (χ4v) is 2.46. The van der Waals surface area contributed by atoms with Crippen LogP contribution >= 0.6 is 34.8 Å². The summed E-state index contributed by atoms with van der Waals surface area (Å²) in [5.74, 6) is 0. The van der Waals surface area contributed by atoms with Crippen molar-refractivity contribution in [2.75, 3.05) is 0 Å². The minimum atomic E-state index is 0.506. The topological polar surface area (TPSA) is 12.0 Å². The first-order valence-electron chi connectivity index (χ1n) is 5.95. The second-order valence-electron chi connectivity index (χ2n) is 4.10. The van der Waals surface area contributed by atoms with Crippen LogP contribution in [0.15, 0.2) is 12.1 Å². The Morgan fingerprint density at radius 2 is 1.76 bits per heavy atom. The highest BCUT2D eigenvalue weighted by molar-refractivity contribution is 6.44. The second-order valence-corrected chi connectivity index (χ2v) is 5.29. The predicted octanol–water partition coefficient (Wildman–Crippen LogP) is 5.32. The zero-order valence-electron chi connectivity index (χ0n) is 10.2. The first-order chi connectivity index (χ1) is 8.10. The summed E-state index contributed by atoms with van der Waals surface area (Å²) in [5, 5.41) is 5.24. The molecule has 4 heteroatoms. The van der Waals surface area contributed by atoms with E-state index in [-0.39, 0.29) is 0 Å². The lowest BCUT2D eigenvalue weighted by Gasteiger charge is -2.17. The molecule has 17 heavy (non-hydrogen) atoms. The van der Waals surface area contributed by atoms with Crippen LogP contribution in [0.5, 0.6) is 0 Å². The van der Waals surface area contributed by atoms with Gasteiger partial charge < -0.3 is 5.32 Å². The summed E-state index contributed by atoms with van der Waals surface area (Å²) in [6.45, 7) is 5.02. The number of halogens is 3. The van der Waals surface area contributed by atoms with Gasteiger partial charge in [0.2, 0.25) is 0 Å². The molecule has 0 aliphatic rings. The maximum atomic E-state index is 6.15. The Balaban J connectivity index is 2.71. The van der Waals surface area contributed by atoms with E-state index >= 15 is 0 Å². The van der Waals surface area contributed by atoms with E-state index in [1.54, 1.807) is 12.1 Å². The normalized spacial score (nSPS) is 12.8. The molecule has 0 aliphatic heterocycles. The molecule has 0 saturated carbocycles. The largest absolute Gasteiger partial charge is 0.310 e. The van der Waals surface area contributed by atoms with Gasteiger partial charge in [-0.25, -0.2) is 0 Å². The smallest absolute Gasteiger partial charge is 0.0652 e. The quantitative estimate of drug-likeness (QED) is 0.701. The molecule has 1 N–H and O–H groups in total. The molecule has 1 unspecified atom stereocenters. The molecule has 96 valence electrons. The molecule has 0 heterocycles. The lowest BCUT2D eigenvalue weighted by Crippen LogP contribution is -2.27. The van der Waals surface area contributed by atoms with Crippen LogP contribution in [0.1, 0.15) is 38.7 Å². The average molecular weight is 295 g/mol. The van der Waals surface area contributed by atoms with Crippen LogP contribution in [0.3, 0.4) is 0 Å². The Morgan fingerprint density at radius 3 is 2.35 bits per heavy atom. The van der Waals surface area contributed by atoms with Crippen molar-refractivity contribution in [2.45, 2.75) is 45.7 Å². The summed E-state index contributed by atoms with van der Waals surface area (Å²) < 4.78 is 0. The van der Waals surface area contributed by atoms with Gasteiger partial charge in [0.15, 0.2) is 0 Å². The van der Waals surface area contributed by atoms with Gasteiger partial charge in [0.05, 0.1) is 10.0 Å². The van der Waals surface area contributed by atoms with Gasteiger partial charge in [-0.05, 0) is 25.0 Å². The van der Waals surface area contributed by atoms with Gasteiger partial charge in [0.1, 0.15) is 0 Å². The van der Waals surface area contributed by atoms with Crippen molar-refractivity contribution in [3.63, 3.8) is 0 Å². The van der Waals surface area contributed by atoms with E-state index in [1.165, 1.54) is 6.42 Å². The van der Waals surface area contributed by atoms with Crippen molar-refractivity contribution in [3.8, 4) is 0 Å². The Kier molecular flexibility index (Phi) is 6.65. The van der Waals surface area contributed by atoms with Crippen LogP contribution < -0.4 is 5.32 Å². The van der Waals surface area contributed by atoms with E-state index < -0.39 is 0 Å². The van der Waals surface area contributed by atoms with Crippen LogP contribution in [0, 0.1) is 0 Å². The molecular formula is C13H18Cl3N. The number of nitrogens with one attached hydrogen (secondary N) is 1. The van der Waals surface area contributed by atoms with E-state index in [2.05, 4.69) is 19.2 Å². The molecule has 1 rings (SSSR count). The molecule has 1 aromatic carbocycles. The first-order valence-corrected chi connectivity index (χ1v) is 7.09. The first kappa shape index (κ1) is 15.1. The number of hydrogen-bond donors (Lipinski definition) is 1. The van der Waals surface area contributed by atoms with E-state index in [1.807, 2.05) is 0 Å². The molecule has 0 aliphatic carbocycles. The fraction of sp³-hybridized carbons (Fsp3) is 0.538. The summed E-state index contributed by atoms with van der Waals surface area (Å²) in [7, 11) is 0. The number of hydrogen-bond acceptors (Lipinski definition) is 1. The third-order valence-corrected chi connectivity index (χ3v) is 4.03. The van der Waals surface area contributed by atoms with E-state index in [4.69, 9.17) is 34.8 Å². The molecule has 1 nitrogen and oxygen atoms in total. The van der Waals surface area contributed by atoms with Crippen LogP contribution in [-0.2, 0) is 6.54 Å². The second kappa shape index (κ2) is 7.48. The van der Waals surface area contributed by atoms with Crippen molar-refractivity contribution in [1.29, 1.82) is 0 Å². The minimum absolute atomic E-state index is 0.506. The fourth-order valence-electron chi connectivity index (χ4n) is 1.78. The van der Waals surface area contributed by atoms with Crippen LogP contribution in [-0.4, -0.2) is 6.04 Å². The standard InChI is InChI=1S/C13H18Cl3N/c1-3-5-9(4-2)17-8-10-11(14)6-7-12(15)13(10)16/h6-7,9,17H,3-5,8H2,1-2H3.